The smallest absolute Gasteiger partial charge is 0.129 e. The molecule has 0 aromatic rings. The third kappa shape index (κ3) is 31.7. The number of rotatable bonds is 8. The molecular weight excluding hydrogens is 236 g/mol. The monoisotopic (exact) mass is 272 g/mol. The van der Waals surface area contributed by atoms with Gasteiger partial charge in [-0.15, -0.1) is 0 Å². The van der Waals surface area contributed by atoms with Gasteiger partial charge < -0.3 is 9.59 Å². The van der Waals surface area contributed by atoms with E-state index in [0.29, 0.717) is 5.78 Å². The van der Waals surface area contributed by atoms with Gasteiger partial charge in [-0.1, -0.05) is 67.2 Å². The second-order valence-electron chi connectivity index (χ2n) is 5.22. The summed E-state index contributed by atoms with van der Waals surface area (Å²) in [4.78, 5) is 20.2. The first-order valence-electron chi connectivity index (χ1n) is 7.88. The Kier molecular flexibility index (Phi) is 24.3. The largest absolute Gasteiger partial charge is 0.303 e. The second kappa shape index (κ2) is 19.7. The zero-order valence-corrected chi connectivity index (χ0v) is 14.3. The lowest BCUT2D eigenvalue weighted by Gasteiger charge is -2.08. The number of carbonyl (C=O) groups excluding carboxylic acids is 2. The van der Waals surface area contributed by atoms with Crippen molar-refractivity contribution < 1.29 is 9.59 Å². The first-order chi connectivity index (χ1) is 8.93. The van der Waals surface area contributed by atoms with E-state index in [9.17, 15) is 9.59 Å². The number of Topliss-reactive ketones (excluding diaryl/α,β-unsaturated/α-hetero) is 1. The van der Waals surface area contributed by atoms with Crippen LogP contribution >= 0.6 is 0 Å². The summed E-state index contributed by atoms with van der Waals surface area (Å²) in [7, 11) is 0. The first-order valence-corrected chi connectivity index (χ1v) is 7.88. The number of ketones is 1. The van der Waals surface area contributed by atoms with Gasteiger partial charge in [0.1, 0.15) is 12.1 Å². The highest BCUT2D eigenvalue weighted by molar-refractivity contribution is 5.75. The van der Waals surface area contributed by atoms with Gasteiger partial charge in [-0.2, -0.15) is 0 Å². The van der Waals surface area contributed by atoms with E-state index in [1.165, 1.54) is 25.7 Å². The molecule has 19 heavy (non-hydrogen) atoms. The van der Waals surface area contributed by atoms with Crippen LogP contribution in [0.1, 0.15) is 87.0 Å². The molecule has 0 saturated heterocycles. The average molecular weight is 272 g/mol. The Bertz CT molecular complexity index is 186. The SMILES string of the molecule is CC.CC(C)C=O.CCCCCC(C)CCC(C)=O. The lowest BCUT2D eigenvalue weighted by atomic mass is 9.97. The van der Waals surface area contributed by atoms with E-state index in [1.807, 2.05) is 27.7 Å². The summed E-state index contributed by atoms with van der Waals surface area (Å²) in [6, 6.07) is 0. The van der Waals surface area contributed by atoms with Crippen molar-refractivity contribution in [1.82, 2.24) is 0 Å². The molecule has 116 valence electrons. The lowest BCUT2D eigenvalue weighted by molar-refractivity contribution is -0.117. The van der Waals surface area contributed by atoms with Crippen LogP contribution in [0.25, 0.3) is 0 Å². The topological polar surface area (TPSA) is 34.1 Å². The summed E-state index contributed by atoms with van der Waals surface area (Å²) in [5.41, 5.74) is 0. The predicted molar refractivity (Wildman–Crippen MR) is 85.5 cm³/mol. The molecule has 0 fully saturated rings. The Labute approximate surface area is 121 Å². The van der Waals surface area contributed by atoms with Gasteiger partial charge in [0.25, 0.3) is 0 Å². The summed E-state index contributed by atoms with van der Waals surface area (Å²) in [5, 5.41) is 0. The maximum absolute atomic E-state index is 10.7. The first kappa shape index (κ1) is 23.4. The van der Waals surface area contributed by atoms with Crippen molar-refractivity contribution in [2.45, 2.75) is 87.0 Å². The molecule has 2 heteroatoms. The third-order valence-electron chi connectivity index (χ3n) is 2.56. The summed E-state index contributed by atoms with van der Waals surface area (Å²) in [6.45, 7) is 13.9. The van der Waals surface area contributed by atoms with Gasteiger partial charge in [0.05, 0.1) is 0 Å². The summed E-state index contributed by atoms with van der Waals surface area (Å²) < 4.78 is 0. The van der Waals surface area contributed by atoms with Gasteiger partial charge in [0.15, 0.2) is 0 Å². The maximum Gasteiger partial charge on any atom is 0.129 e. The predicted octanol–water partition coefficient (Wildman–Crippen LogP) is 5.44. The standard InChI is InChI=1S/C11H22O.C4H8O.C2H6/c1-4-5-6-7-10(2)8-9-11(3)12;1-4(2)3-5;1-2/h10H,4-9H2,1-3H3;3-4H,1-2H3;1-2H3. The molecule has 0 heterocycles. The van der Waals surface area contributed by atoms with Gasteiger partial charge in [-0.3, -0.25) is 0 Å². The molecular formula is C17H36O2. The minimum Gasteiger partial charge on any atom is -0.303 e. The van der Waals surface area contributed by atoms with Crippen molar-refractivity contribution in [2.24, 2.45) is 11.8 Å². The number of aldehydes is 1. The Balaban J connectivity index is -0.000000307. The van der Waals surface area contributed by atoms with Crippen LogP contribution in [0.15, 0.2) is 0 Å². The quantitative estimate of drug-likeness (QED) is 0.435. The van der Waals surface area contributed by atoms with E-state index < -0.39 is 0 Å². The highest BCUT2D eigenvalue weighted by Crippen LogP contribution is 2.14. The minimum atomic E-state index is 0.204. The molecule has 0 amide bonds. The molecule has 1 unspecified atom stereocenters. The highest BCUT2D eigenvalue weighted by Gasteiger charge is 2.02. The van der Waals surface area contributed by atoms with E-state index in [4.69, 9.17) is 0 Å². The van der Waals surface area contributed by atoms with Crippen molar-refractivity contribution in [1.29, 1.82) is 0 Å². The normalized spacial score (nSPS) is 10.7. The number of hydrogen-bond acceptors (Lipinski definition) is 2. The number of hydrogen-bond donors (Lipinski definition) is 0. The molecule has 0 spiro atoms. The molecule has 1 atom stereocenters. The minimum absolute atomic E-state index is 0.204. The molecule has 0 radical (unpaired) electrons. The molecule has 0 aromatic carbocycles. The zero-order chi connectivity index (χ0) is 15.7. The Morgan fingerprint density at radius 3 is 1.84 bits per heavy atom. The third-order valence-corrected chi connectivity index (χ3v) is 2.56. The van der Waals surface area contributed by atoms with Gasteiger partial charge >= 0.3 is 0 Å². The van der Waals surface area contributed by atoms with Crippen LogP contribution in [0.5, 0.6) is 0 Å². The zero-order valence-electron chi connectivity index (χ0n) is 14.3. The number of unbranched alkanes of at least 4 members (excludes halogenated alkanes) is 2. The lowest BCUT2D eigenvalue weighted by Crippen LogP contribution is -1.98. The summed E-state index contributed by atoms with van der Waals surface area (Å²) in [6.07, 6.45) is 8.02. The van der Waals surface area contributed by atoms with Gasteiger partial charge in [-0.25, -0.2) is 0 Å². The van der Waals surface area contributed by atoms with Crippen LogP contribution in [0, 0.1) is 11.8 Å². The molecule has 0 saturated carbocycles. The highest BCUT2D eigenvalue weighted by atomic mass is 16.1. The molecule has 0 bridgehead atoms. The fourth-order valence-corrected chi connectivity index (χ4v) is 1.34. The fraction of sp³-hybridized carbons (Fsp3) is 0.882. The summed E-state index contributed by atoms with van der Waals surface area (Å²) in [5.74, 6) is 1.27. The Morgan fingerprint density at radius 1 is 1.05 bits per heavy atom. The molecule has 0 aliphatic heterocycles. The second-order valence-corrected chi connectivity index (χ2v) is 5.22. The molecule has 0 aliphatic carbocycles. The molecule has 2 nitrogen and oxygen atoms in total. The van der Waals surface area contributed by atoms with Gasteiger partial charge in [0.2, 0.25) is 0 Å². The van der Waals surface area contributed by atoms with Crippen molar-refractivity contribution in [3.63, 3.8) is 0 Å². The Hall–Kier alpha value is -0.660. The van der Waals surface area contributed by atoms with Crippen molar-refractivity contribution in [2.75, 3.05) is 0 Å². The Morgan fingerprint density at radius 2 is 1.53 bits per heavy atom. The average Bonchev–Trinajstić information content (AvgIpc) is 2.39. The summed E-state index contributed by atoms with van der Waals surface area (Å²) >= 11 is 0. The van der Waals surface area contributed by atoms with Crippen molar-refractivity contribution >= 4 is 12.1 Å². The van der Waals surface area contributed by atoms with Gasteiger partial charge in [-0.05, 0) is 19.3 Å². The van der Waals surface area contributed by atoms with Crippen molar-refractivity contribution in [3.05, 3.63) is 0 Å². The van der Waals surface area contributed by atoms with Crippen molar-refractivity contribution in [3.8, 4) is 0 Å². The fourth-order valence-electron chi connectivity index (χ4n) is 1.34. The maximum atomic E-state index is 10.7. The van der Waals surface area contributed by atoms with E-state index in [2.05, 4.69) is 13.8 Å². The van der Waals surface area contributed by atoms with Crippen LogP contribution in [-0.4, -0.2) is 12.1 Å². The molecule has 0 aliphatic rings. The molecule has 0 aromatic heterocycles. The van der Waals surface area contributed by atoms with Crippen LogP contribution in [0.3, 0.4) is 0 Å². The van der Waals surface area contributed by atoms with Gasteiger partial charge in [0, 0.05) is 12.3 Å². The van der Waals surface area contributed by atoms with Crippen LogP contribution in [0.2, 0.25) is 0 Å². The van der Waals surface area contributed by atoms with Crippen LogP contribution in [-0.2, 0) is 9.59 Å². The van der Waals surface area contributed by atoms with Crippen LogP contribution < -0.4 is 0 Å². The van der Waals surface area contributed by atoms with E-state index >= 15 is 0 Å². The van der Waals surface area contributed by atoms with E-state index in [1.54, 1.807) is 6.92 Å². The number of carbonyl (C=O) groups is 2. The molecule has 0 N–H and O–H groups in total. The van der Waals surface area contributed by atoms with E-state index in [-0.39, 0.29) is 5.92 Å². The van der Waals surface area contributed by atoms with Crippen LogP contribution in [0.4, 0.5) is 0 Å². The molecule has 0 rings (SSSR count). The van der Waals surface area contributed by atoms with E-state index in [0.717, 1.165) is 25.0 Å².